The Hall–Kier alpha value is -2.06. The Morgan fingerprint density at radius 2 is 1.74 bits per heavy atom. The van der Waals surface area contributed by atoms with Crippen LogP contribution in [0.15, 0.2) is 18.2 Å². The number of likely N-dealkylation sites (tertiary alicyclic amines) is 1. The molecule has 3 rings (SSSR count). The van der Waals surface area contributed by atoms with Crippen LogP contribution in [0.25, 0.3) is 0 Å². The smallest absolute Gasteiger partial charge is 0.241 e. The Morgan fingerprint density at radius 1 is 1.07 bits per heavy atom. The van der Waals surface area contributed by atoms with Gasteiger partial charge in [-0.2, -0.15) is 0 Å². The Kier molecular flexibility index (Phi) is 6.38. The number of nitrogens with zero attached hydrogens (tertiary/aromatic N) is 3. The number of rotatable bonds is 5. The standard InChI is InChI=1S/C19H26F2N4O2/c1-14(19(27)22-17-5-4-15(20)12-16(17)21)24-10-8-23(9-11-24)13-18(26)25-6-2-3-7-25/h4-5,12,14H,2-3,6-11,13H2,1H3,(H,22,27)/t14-/m0/s1. The van der Waals surface area contributed by atoms with Crippen LogP contribution in [0.3, 0.4) is 0 Å². The van der Waals surface area contributed by atoms with Crippen molar-refractivity contribution in [2.24, 2.45) is 0 Å². The number of carbonyl (C=O) groups excluding carboxylic acids is 2. The first kappa shape index (κ1) is 19.7. The lowest BCUT2D eigenvalue weighted by molar-refractivity contribution is -0.132. The number of hydrogen-bond acceptors (Lipinski definition) is 4. The van der Waals surface area contributed by atoms with Crippen molar-refractivity contribution in [3.8, 4) is 0 Å². The van der Waals surface area contributed by atoms with Gasteiger partial charge in [0.15, 0.2) is 0 Å². The molecule has 8 heteroatoms. The number of carbonyl (C=O) groups is 2. The zero-order valence-electron chi connectivity index (χ0n) is 15.6. The van der Waals surface area contributed by atoms with Gasteiger partial charge < -0.3 is 10.2 Å². The van der Waals surface area contributed by atoms with Gasteiger partial charge in [0.05, 0.1) is 18.3 Å². The summed E-state index contributed by atoms with van der Waals surface area (Å²) in [6.07, 6.45) is 2.17. The third-order valence-corrected chi connectivity index (χ3v) is 5.34. The van der Waals surface area contributed by atoms with Crippen molar-refractivity contribution >= 4 is 17.5 Å². The minimum absolute atomic E-state index is 0.0249. The number of halogens is 2. The van der Waals surface area contributed by atoms with Gasteiger partial charge in [0.25, 0.3) is 0 Å². The Labute approximate surface area is 158 Å². The van der Waals surface area contributed by atoms with Crippen LogP contribution in [-0.2, 0) is 9.59 Å². The summed E-state index contributed by atoms with van der Waals surface area (Å²) in [4.78, 5) is 30.7. The van der Waals surface area contributed by atoms with E-state index < -0.39 is 17.7 Å². The van der Waals surface area contributed by atoms with Gasteiger partial charge in [0, 0.05) is 45.3 Å². The van der Waals surface area contributed by atoms with Crippen LogP contribution >= 0.6 is 0 Å². The highest BCUT2D eigenvalue weighted by atomic mass is 19.1. The molecule has 2 fully saturated rings. The fourth-order valence-electron chi connectivity index (χ4n) is 3.56. The maximum atomic E-state index is 13.7. The molecular formula is C19H26F2N4O2. The molecule has 0 radical (unpaired) electrons. The quantitative estimate of drug-likeness (QED) is 0.842. The minimum Gasteiger partial charge on any atom is -0.342 e. The number of benzene rings is 1. The highest BCUT2D eigenvalue weighted by Crippen LogP contribution is 2.16. The molecule has 1 aromatic carbocycles. The predicted molar refractivity (Wildman–Crippen MR) is 98.3 cm³/mol. The lowest BCUT2D eigenvalue weighted by Crippen LogP contribution is -2.54. The highest BCUT2D eigenvalue weighted by molar-refractivity contribution is 5.94. The molecule has 2 saturated heterocycles. The fourth-order valence-corrected chi connectivity index (χ4v) is 3.56. The summed E-state index contributed by atoms with van der Waals surface area (Å²) < 4.78 is 26.7. The van der Waals surface area contributed by atoms with Gasteiger partial charge in [-0.1, -0.05) is 0 Å². The van der Waals surface area contributed by atoms with Gasteiger partial charge >= 0.3 is 0 Å². The molecule has 0 aliphatic carbocycles. The number of amides is 2. The normalized spacial score (nSPS) is 19.9. The topological polar surface area (TPSA) is 55.9 Å². The van der Waals surface area contributed by atoms with Gasteiger partial charge in [0.2, 0.25) is 11.8 Å². The van der Waals surface area contributed by atoms with E-state index in [4.69, 9.17) is 0 Å². The second-order valence-corrected chi connectivity index (χ2v) is 7.19. The molecule has 0 aromatic heterocycles. The molecule has 2 aliphatic rings. The average Bonchev–Trinajstić information content (AvgIpc) is 3.19. The summed E-state index contributed by atoms with van der Waals surface area (Å²) in [5.41, 5.74) is -0.0249. The van der Waals surface area contributed by atoms with E-state index in [0.717, 1.165) is 38.1 Å². The summed E-state index contributed by atoms with van der Waals surface area (Å²) in [5.74, 6) is -1.63. The number of anilines is 1. The van der Waals surface area contributed by atoms with E-state index in [2.05, 4.69) is 10.2 Å². The molecule has 27 heavy (non-hydrogen) atoms. The number of nitrogens with one attached hydrogen (secondary N) is 1. The molecule has 0 unspecified atom stereocenters. The van der Waals surface area contributed by atoms with E-state index in [1.165, 1.54) is 6.07 Å². The lowest BCUT2D eigenvalue weighted by atomic mass is 10.2. The van der Waals surface area contributed by atoms with Crippen molar-refractivity contribution < 1.29 is 18.4 Å². The zero-order valence-corrected chi connectivity index (χ0v) is 15.6. The monoisotopic (exact) mass is 380 g/mol. The third kappa shape index (κ3) is 5.01. The molecule has 1 N–H and O–H groups in total. The van der Waals surface area contributed by atoms with E-state index in [9.17, 15) is 18.4 Å². The first-order valence-electron chi connectivity index (χ1n) is 9.44. The maximum Gasteiger partial charge on any atom is 0.241 e. The van der Waals surface area contributed by atoms with Crippen LogP contribution < -0.4 is 5.32 Å². The Bertz CT molecular complexity index is 686. The van der Waals surface area contributed by atoms with E-state index in [1.807, 2.05) is 9.80 Å². The number of piperazine rings is 1. The van der Waals surface area contributed by atoms with Gasteiger partial charge in [-0.3, -0.25) is 19.4 Å². The molecule has 0 bridgehead atoms. The first-order chi connectivity index (χ1) is 12.9. The SMILES string of the molecule is C[C@@H](C(=O)Nc1ccc(F)cc1F)N1CCN(CC(=O)N2CCCC2)CC1. The van der Waals surface area contributed by atoms with Crippen molar-refractivity contribution in [1.29, 1.82) is 0 Å². The van der Waals surface area contributed by atoms with Crippen molar-refractivity contribution in [3.05, 3.63) is 29.8 Å². The average molecular weight is 380 g/mol. The molecular weight excluding hydrogens is 354 g/mol. The van der Waals surface area contributed by atoms with Crippen LogP contribution in [-0.4, -0.2) is 78.4 Å². The molecule has 1 atom stereocenters. The van der Waals surface area contributed by atoms with Gasteiger partial charge in [0.1, 0.15) is 11.6 Å². The Balaban J connectivity index is 1.46. The van der Waals surface area contributed by atoms with Crippen LogP contribution in [0, 0.1) is 11.6 Å². The van der Waals surface area contributed by atoms with Gasteiger partial charge in [-0.05, 0) is 31.9 Å². The van der Waals surface area contributed by atoms with Gasteiger partial charge in [-0.15, -0.1) is 0 Å². The first-order valence-corrected chi connectivity index (χ1v) is 9.44. The summed E-state index contributed by atoms with van der Waals surface area (Å²) in [5, 5.41) is 2.52. The second kappa shape index (κ2) is 8.75. The second-order valence-electron chi connectivity index (χ2n) is 7.19. The lowest BCUT2D eigenvalue weighted by Gasteiger charge is -2.37. The van der Waals surface area contributed by atoms with Crippen molar-refractivity contribution in [2.75, 3.05) is 51.1 Å². The van der Waals surface area contributed by atoms with Crippen molar-refractivity contribution in [2.45, 2.75) is 25.8 Å². The molecule has 148 valence electrons. The minimum atomic E-state index is -0.791. The molecule has 0 spiro atoms. The zero-order chi connectivity index (χ0) is 19.4. The van der Waals surface area contributed by atoms with E-state index in [-0.39, 0.29) is 17.5 Å². The van der Waals surface area contributed by atoms with Crippen LogP contribution in [0.1, 0.15) is 19.8 Å². The highest BCUT2D eigenvalue weighted by Gasteiger charge is 2.28. The largest absolute Gasteiger partial charge is 0.342 e. The van der Waals surface area contributed by atoms with E-state index in [1.54, 1.807) is 6.92 Å². The molecule has 6 nitrogen and oxygen atoms in total. The molecule has 1 aromatic rings. The fraction of sp³-hybridized carbons (Fsp3) is 0.579. The molecule has 2 aliphatic heterocycles. The maximum absolute atomic E-state index is 13.7. The number of hydrogen-bond donors (Lipinski definition) is 1. The summed E-state index contributed by atoms with van der Waals surface area (Å²) in [6, 6.07) is 2.64. The van der Waals surface area contributed by atoms with Crippen LogP contribution in [0.2, 0.25) is 0 Å². The Morgan fingerprint density at radius 3 is 2.37 bits per heavy atom. The predicted octanol–water partition coefficient (Wildman–Crippen LogP) is 1.53. The van der Waals surface area contributed by atoms with E-state index in [0.29, 0.717) is 32.7 Å². The van der Waals surface area contributed by atoms with E-state index >= 15 is 0 Å². The summed E-state index contributed by atoms with van der Waals surface area (Å²) in [6.45, 7) is 6.65. The molecule has 0 saturated carbocycles. The van der Waals surface area contributed by atoms with Crippen molar-refractivity contribution in [3.63, 3.8) is 0 Å². The third-order valence-electron chi connectivity index (χ3n) is 5.34. The molecule has 2 heterocycles. The van der Waals surface area contributed by atoms with Crippen LogP contribution in [0.4, 0.5) is 14.5 Å². The molecule has 2 amide bonds. The summed E-state index contributed by atoms with van der Waals surface area (Å²) >= 11 is 0. The van der Waals surface area contributed by atoms with Crippen LogP contribution in [0.5, 0.6) is 0 Å². The van der Waals surface area contributed by atoms with Gasteiger partial charge in [-0.25, -0.2) is 8.78 Å². The van der Waals surface area contributed by atoms with Crippen molar-refractivity contribution in [1.82, 2.24) is 14.7 Å². The summed E-state index contributed by atoms with van der Waals surface area (Å²) in [7, 11) is 0.